The highest BCUT2D eigenvalue weighted by Gasteiger charge is 2.30. The van der Waals surface area contributed by atoms with E-state index in [9.17, 15) is 13.2 Å². The molecule has 1 rings (SSSR count). The molecule has 2 unspecified atom stereocenters. The Hall–Kier alpha value is -1.03. The van der Waals surface area contributed by atoms with Gasteiger partial charge in [0, 0.05) is 12.6 Å². The van der Waals surface area contributed by atoms with Crippen molar-refractivity contribution in [2.24, 2.45) is 5.92 Å². The summed E-state index contributed by atoms with van der Waals surface area (Å²) in [6.07, 6.45) is -2.11. The van der Waals surface area contributed by atoms with E-state index in [-0.39, 0.29) is 0 Å². The molecule has 108 valence electrons. The standard InChI is InChI=1S/C15H22F3N/c1-4-11(2)8-12(3)19-10-13-6-5-7-14(9-13)15(16,17)18/h5-7,9,11-12,19H,4,8,10H2,1-3H3. The van der Waals surface area contributed by atoms with Crippen molar-refractivity contribution in [1.29, 1.82) is 0 Å². The molecule has 19 heavy (non-hydrogen) atoms. The van der Waals surface area contributed by atoms with Gasteiger partial charge < -0.3 is 5.32 Å². The van der Waals surface area contributed by atoms with Gasteiger partial charge in [-0.3, -0.25) is 0 Å². The molecule has 2 atom stereocenters. The molecule has 0 radical (unpaired) electrons. The second-order valence-electron chi connectivity index (χ2n) is 5.23. The van der Waals surface area contributed by atoms with Gasteiger partial charge in [-0.25, -0.2) is 0 Å². The third-order valence-electron chi connectivity index (χ3n) is 3.36. The third-order valence-corrected chi connectivity index (χ3v) is 3.36. The fourth-order valence-electron chi connectivity index (χ4n) is 2.00. The topological polar surface area (TPSA) is 12.0 Å². The molecule has 0 bridgehead atoms. The van der Waals surface area contributed by atoms with Crippen LogP contribution in [0.5, 0.6) is 0 Å². The van der Waals surface area contributed by atoms with E-state index in [4.69, 9.17) is 0 Å². The molecule has 1 aromatic carbocycles. The molecule has 0 aliphatic carbocycles. The molecule has 0 aliphatic rings. The Bertz CT molecular complexity index is 387. The molecule has 1 aromatic rings. The summed E-state index contributed by atoms with van der Waals surface area (Å²) in [6.45, 7) is 6.87. The van der Waals surface area contributed by atoms with Crippen molar-refractivity contribution in [2.45, 2.75) is 52.4 Å². The van der Waals surface area contributed by atoms with Crippen molar-refractivity contribution >= 4 is 0 Å². The van der Waals surface area contributed by atoms with E-state index in [0.717, 1.165) is 18.9 Å². The molecule has 0 saturated carbocycles. The fraction of sp³-hybridized carbons (Fsp3) is 0.600. The van der Waals surface area contributed by atoms with E-state index in [2.05, 4.69) is 26.1 Å². The Kier molecular flexibility index (Phi) is 5.85. The van der Waals surface area contributed by atoms with Gasteiger partial charge in [0.1, 0.15) is 0 Å². The first-order chi connectivity index (χ1) is 8.82. The van der Waals surface area contributed by atoms with Crippen LogP contribution in [0.4, 0.5) is 13.2 Å². The molecular formula is C15H22F3N. The summed E-state index contributed by atoms with van der Waals surface area (Å²) in [6, 6.07) is 5.80. The predicted molar refractivity (Wildman–Crippen MR) is 71.8 cm³/mol. The van der Waals surface area contributed by atoms with Crippen LogP contribution in [0.25, 0.3) is 0 Å². The lowest BCUT2D eigenvalue weighted by Gasteiger charge is -2.18. The first-order valence-corrected chi connectivity index (χ1v) is 6.72. The highest BCUT2D eigenvalue weighted by Crippen LogP contribution is 2.29. The van der Waals surface area contributed by atoms with Crippen LogP contribution < -0.4 is 5.32 Å². The van der Waals surface area contributed by atoms with Crippen LogP contribution in [-0.4, -0.2) is 6.04 Å². The van der Waals surface area contributed by atoms with Crippen LogP contribution >= 0.6 is 0 Å². The van der Waals surface area contributed by atoms with Crippen LogP contribution in [-0.2, 0) is 12.7 Å². The quantitative estimate of drug-likeness (QED) is 0.797. The van der Waals surface area contributed by atoms with Gasteiger partial charge in [-0.1, -0.05) is 38.5 Å². The van der Waals surface area contributed by atoms with Gasteiger partial charge in [0.05, 0.1) is 5.56 Å². The molecule has 0 fully saturated rings. The Morgan fingerprint density at radius 1 is 1.21 bits per heavy atom. The summed E-state index contributed by atoms with van der Waals surface area (Å²) in [4.78, 5) is 0. The first-order valence-electron chi connectivity index (χ1n) is 6.72. The van der Waals surface area contributed by atoms with Crippen LogP contribution in [0.15, 0.2) is 24.3 Å². The van der Waals surface area contributed by atoms with Crippen molar-refractivity contribution in [1.82, 2.24) is 5.32 Å². The zero-order valence-electron chi connectivity index (χ0n) is 11.7. The van der Waals surface area contributed by atoms with Gasteiger partial charge in [-0.05, 0) is 30.9 Å². The molecule has 0 aromatic heterocycles. The minimum absolute atomic E-state index is 0.310. The van der Waals surface area contributed by atoms with E-state index in [1.807, 2.05) is 0 Å². The first kappa shape index (κ1) is 16.0. The normalized spacial score (nSPS) is 15.3. The largest absolute Gasteiger partial charge is 0.416 e. The average molecular weight is 273 g/mol. The number of alkyl halides is 3. The fourth-order valence-corrected chi connectivity index (χ4v) is 2.00. The molecule has 0 aliphatic heterocycles. The van der Waals surface area contributed by atoms with Crippen LogP contribution in [0, 0.1) is 5.92 Å². The monoisotopic (exact) mass is 273 g/mol. The number of halogens is 3. The van der Waals surface area contributed by atoms with Gasteiger partial charge >= 0.3 is 6.18 Å². The molecule has 1 nitrogen and oxygen atoms in total. The van der Waals surface area contributed by atoms with Gasteiger partial charge in [0.2, 0.25) is 0 Å². The lowest BCUT2D eigenvalue weighted by Crippen LogP contribution is -2.27. The maximum absolute atomic E-state index is 12.6. The molecule has 0 heterocycles. The van der Waals surface area contributed by atoms with E-state index < -0.39 is 11.7 Å². The van der Waals surface area contributed by atoms with Crippen molar-refractivity contribution < 1.29 is 13.2 Å². The van der Waals surface area contributed by atoms with Crippen LogP contribution in [0.3, 0.4) is 0 Å². The van der Waals surface area contributed by atoms with E-state index in [1.165, 1.54) is 12.1 Å². The predicted octanol–water partition coefficient (Wildman–Crippen LogP) is 4.62. The highest BCUT2D eigenvalue weighted by molar-refractivity contribution is 5.25. The summed E-state index contributed by atoms with van der Waals surface area (Å²) in [5.74, 6) is 0.629. The number of hydrogen-bond donors (Lipinski definition) is 1. The lowest BCUT2D eigenvalue weighted by molar-refractivity contribution is -0.137. The number of hydrogen-bond acceptors (Lipinski definition) is 1. The zero-order chi connectivity index (χ0) is 14.5. The van der Waals surface area contributed by atoms with Crippen molar-refractivity contribution in [2.75, 3.05) is 0 Å². The summed E-state index contributed by atoms with van der Waals surface area (Å²) < 4.78 is 37.7. The Morgan fingerprint density at radius 3 is 2.47 bits per heavy atom. The molecule has 4 heteroatoms. The summed E-state index contributed by atoms with van der Waals surface area (Å²) in [5.41, 5.74) is 0.0900. The number of nitrogens with one attached hydrogen (secondary N) is 1. The lowest BCUT2D eigenvalue weighted by atomic mass is 10.00. The van der Waals surface area contributed by atoms with Crippen molar-refractivity contribution in [3.05, 3.63) is 35.4 Å². The van der Waals surface area contributed by atoms with E-state index >= 15 is 0 Å². The van der Waals surface area contributed by atoms with Crippen molar-refractivity contribution in [3.63, 3.8) is 0 Å². The van der Waals surface area contributed by atoms with E-state index in [0.29, 0.717) is 24.1 Å². The smallest absolute Gasteiger partial charge is 0.310 e. The van der Waals surface area contributed by atoms with Gasteiger partial charge in [-0.2, -0.15) is 13.2 Å². The van der Waals surface area contributed by atoms with Crippen LogP contribution in [0.2, 0.25) is 0 Å². The highest BCUT2D eigenvalue weighted by atomic mass is 19.4. The second kappa shape index (κ2) is 6.94. The van der Waals surface area contributed by atoms with Crippen LogP contribution in [0.1, 0.15) is 44.7 Å². The Labute approximate surface area is 113 Å². The third kappa shape index (κ3) is 5.64. The van der Waals surface area contributed by atoms with Crippen molar-refractivity contribution in [3.8, 4) is 0 Å². The maximum atomic E-state index is 12.6. The molecular weight excluding hydrogens is 251 g/mol. The minimum atomic E-state index is -4.27. The molecule has 0 spiro atoms. The van der Waals surface area contributed by atoms with Gasteiger partial charge in [0.15, 0.2) is 0 Å². The summed E-state index contributed by atoms with van der Waals surface area (Å²) >= 11 is 0. The van der Waals surface area contributed by atoms with Gasteiger partial charge in [0.25, 0.3) is 0 Å². The summed E-state index contributed by atoms with van der Waals surface area (Å²) in [7, 11) is 0. The Balaban J connectivity index is 2.54. The minimum Gasteiger partial charge on any atom is -0.310 e. The summed E-state index contributed by atoms with van der Waals surface area (Å²) in [5, 5.41) is 3.28. The molecule has 0 amide bonds. The SMILES string of the molecule is CCC(C)CC(C)NCc1cccc(C(F)(F)F)c1. The van der Waals surface area contributed by atoms with E-state index in [1.54, 1.807) is 6.07 Å². The van der Waals surface area contributed by atoms with Gasteiger partial charge in [-0.15, -0.1) is 0 Å². The average Bonchev–Trinajstić information content (AvgIpc) is 2.35. The molecule has 1 N–H and O–H groups in total. The number of benzene rings is 1. The Morgan fingerprint density at radius 2 is 1.89 bits per heavy atom. The molecule has 0 saturated heterocycles. The second-order valence-corrected chi connectivity index (χ2v) is 5.23. The zero-order valence-corrected chi connectivity index (χ0v) is 11.7. The maximum Gasteiger partial charge on any atom is 0.416 e. The number of rotatable bonds is 6.